The number of rotatable bonds is 7. The molecule has 0 bridgehead atoms. The van der Waals surface area contributed by atoms with Crippen molar-refractivity contribution in [2.45, 2.75) is 91.4 Å². The van der Waals surface area contributed by atoms with Gasteiger partial charge in [-0.1, -0.05) is 59.5 Å². The lowest BCUT2D eigenvalue weighted by molar-refractivity contribution is 0.207. The number of hydrogen-bond donors (Lipinski definition) is 0. The highest BCUT2D eigenvalue weighted by Gasteiger charge is 2.42. The molecule has 0 radical (unpaired) electrons. The van der Waals surface area contributed by atoms with E-state index in [-0.39, 0.29) is 0 Å². The molecule has 0 aromatic rings. The topological polar surface area (TPSA) is 0 Å². The molecular weight excluding hydrogens is 356 g/mol. The van der Waals surface area contributed by atoms with Gasteiger partial charge in [-0.3, -0.25) is 0 Å². The molecular formula is C24H41ClS. The highest BCUT2D eigenvalue weighted by molar-refractivity contribution is 8.03. The van der Waals surface area contributed by atoms with Crippen molar-refractivity contribution < 1.29 is 0 Å². The first-order valence-corrected chi connectivity index (χ1v) is 12.9. The van der Waals surface area contributed by atoms with Gasteiger partial charge in [0, 0.05) is 11.1 Å². The van der Waals surface area contributed by atoms with Crippen LogP contribution < -0.4 is 0 Å². The quantitative estimate of drug-likeness (QED) is 0.391. The van der Waals surface area contributed by atoms with Gasteiger partial charge in [0.2, 0.25) is 0 Å². The van der Waals surface area contributed by atoms with Crippen LogP contribution in [0.2, 0.25) is 0 Å². The van der Waals surface area contributed by atoms with Gasteiger partial charge in [0.25, 0.3) is 0 Å². The summed E-state index contributed by atoms with van der Waals surface area (Å²) in [7, 11) is 0. The van der Waals surface area contributed by atoms with Gasteiger partial charge in [-0.15, -0.1) is 23.4 Å². The van der Waals surface area contributed by atoms with Crippen LogP contribution in [-0.4, -0.2) is 11.1 Å². The van der Waals surface area contributed by atoms with Crippen molar-refractivity contribution in [3.8, 4) is 0 Å². The maximum atomic E-state index is 6.84. The second kappa shape index (κ2) is 9.25. The van der Waals surface area contributed by atoms with E-state index >= 15 is 0 Å². The molecule has 0 aromatic carbocycles. The van der Waals surface area contributed by atoms with E-state index in [0.717, 1.165) is 41.4 Å². The lowest BCUT2D eigenvalue weighted by Gasteiger charge is -2.40. The van der Waals surface area contributed by atoms with E-state index in [1.165, 1.54) is 57.1 Å². The Morgan fingerprint density at radius 2 is 1.69 bits per heavy atom. The molecule has 2 heteroatoms. The first-order valence-electron chi connectivity index (χ1n) is 11.5. The number of thioether (sulfide) groups is 1. The van der Waals surface area contributed by atoms with E-state index in [4.69, 9.17) is 11.6 Å². The summed E-state index contributed by atoms with van der Waals surface area (Å²) >= 11 is 9.10. The Morgan fingerprint density at radius 1 is 1.00 bits per heavy atom. The molecule has 2 fully saturated rings. The molecule has 1 aliphatic heterocycles. The van der Waals surface area contributed by atoms with Crippen molar-refractivity contribution in [2.75, 3.05) is 5.75 Å². The van der Waals surface area contributed by atoms with Crippen LogP contribution in [0.5, 0.6) is 0 Å². The summed E-state index contributed by atoms with van der Waals surface area (Å²) < 4.78 is 0. The highest BCUT2D eigenvalue weighted by atomic mass is 35.5. The molecule has 3 rings (SSSR count). The minimum absolute atomic E-state index is 0.417. The Morgan fingerprint density at radius 3 is 2.23 bits per heavy atom. The molecule has 0 spiro atoms. The molecule has 5 unspecified atom stereocenters. The molecule has 1 heterocycles. The van der Waals surface area contributed by atoms with E-state index in [2.05, 4.69) is 46.4 Å². The van der Waals surface area contributed by atoms with Crippen molar-refractivity contribution in [2.24, 2.45) is 41.4 Å². The van der Waals surface area contributed by atoms with Crippen molar-refractivity contribution >= 4 is 23.4 Å². The predicted molar refractivity (Wildman–Crippen MR) is 119 cm³/mol. The average molecular weight is 397 g/mol. The minimum atomic E-state index is 0.417. The molecule has 5 atom stereocenters. The molecule has 150 valence electrons. The summed E-state index contributed by atoms with van der Waals surface area (Å²) in [4.78, 5) is 1.85. The van der Waals surface area contributed by atoms with Crippen LogP contribution >= 0.6 is 23.4 Å². The third-order valence-corrected chi connectivity index (χ3v) is 10.1. The number of alkyl halides is 1. The fourth-order valence-electron chi connectivity index (χ4n) is 5.80. The first kappa shape index (κ1) is 21.1. The summed E-state index contributed by atoms with van der Waals surface area (Å²) in [6.07, 6.45) is 10.9. The molecule has 3 aliphatic rings. The normalized spacial score (nSPS) is 34.6. The SMILES string of the molecule is CCC(CC)C1CC(C2=C(C3CCC3)C(C(C)C(C)C)CS2)CCC1Cl. The zero-order valence-corrected chi connectivity index (χ0v) is 19.3. The van der Waals surface area contributed by atoms with Crippen molar-refractivity contribution in [3.63, 3.8) is 0 Å². The lowest BCUT2D eigenvalue weighted by Crippen LogP contribution is -2.32. The fourth-order valence-corrected chi connectivity index (χ4v) is 8.01. The van der Waals surface area contributed by atoms with Crippen molar-refractivity contribution in [1.82, 2.24) is 0 Å². The molecule has 26 heavy (non-hydrogen) atoms. The van der Waals surface area contributed by atoms with Gasteiger partial charge in [-0.25, -0.2) is 0 Å². The van der Waals surface area contributed by atoms with Crippen LogP contribution in [0.3, 0.4) is 0 Å². The smallest absolute Gasteiger partial charge is 0.0367 e. The molecule has 0 aromatic heterocycles. The summed E-state index contributed by atoms with van der Waals surface area (Å²) in [6, 6.07) is 0. The lowest BCUT2D eigenvalue weighted by atomic mass is 9.67. The van der Waals surface area contributed by atoms with Crippen LogP contribution in [0, 0.1) is 41.4 Å². The third kappa shape index (κ3) is 4.19. The Balaban J connectivity index is 1.83. The van der Waals surface area contributed by atoms with Gasteiger partial charge < -0.3 is 0 Å². The van der Waals surface area contributed by atoms with Gasteiger partial charge in [0.05, 0.1) is 0 Å². The largest absolute Gasteiger partial charge is 0.130 e. The highest BCUT2D eigenvalue weighted by Crippen LogP contribution is 2.55. The number of hydrogen-bond acceptors (Lipinski definition) is 1. The average Bonchev–Trinajstić information content (AvgIpc) is 2.99. The molecule has 0 saturated heterocycles. The zero-order valence-electron chi connectivity index (χ0n) is 17.8. The van der Waals surface area contributed by atoms with Crippen molar-refractivity contribution in [3.05, 3.63) is 10.5 Å². The predicted octanol–water partition coefficient (Wildman–Crippen LogP) is 8.16. The van der Waals surface area contributed by atoms with E-state index < -0.39 is 0 Å². The number of allylic oxidation sites excluding steroid dienone is 2. The Bertz CT molecular complexity index is 488. The summed E-state index contributed by atoms with van der Waals surface area (Å²) in [6.45, 7) is 12.1. The van der Waals surface area contributed by atoms with Crippen molar-refractivity contribution in [1.29, 1.82) is 0 Å². The molecule has 2 saturated carbocycles. The van der Waals surface area contributed by atoms with E-state index in [0.29, 0.717) is 5.38 Å². The second-order valence-electron chi connectivity index (χ2n) is 9.73. The van der Waals surface area contributed by atoms with Crippen LogP contribution in [0.1, 0.15) is 86.0 Å². The van der Waals surface area contributed by atoms with E-state index in [1.807, 2.05) is 10.5 Å². The zero-order chi connectivity index (χ0) is 18.8. The van der Waals surface area contributed by atoms with E-state index in [1.54, 1.807) is 0 Å². The fraction of sp³-hybridized carbons (Fsp3) is 0.917. The van der Waals surface area contributed by atoms with Crippen LogP contribution in [0.4, 0.5) is 0 Å². The summed E-state index contributed by atoms with van der Waals surface area (Å²) in [5.74, 6) is 7.14. The molecule has 2 aliphatic carbocycles. The van der Waals surface area contributed by atoms with Gasteiger partial charge >= 0.3 is 0 Å². The first-order chi connectivity index (χ1) is 12.5. The Labute approximate surface area is 172 Å². The molecule has 0 nitrogen and oxygen atoms in total. The van der Waals surface area contributed by atoms with E-state index in [9.17, 15) is 0 Å². The van der Waals surface area contributed by atoms with Gasteiger partial charge in [-0.05, 0) is 78.4 Å². The Hall–Kier alpha value is 0.380. The second-order valence-corrected chi connectivity index (χ2v) is 11.4. The van der Waals surface area contributed by atoms with Gasteiger partial charge in [0.1, 0.15) is 0 Å². The summed E-state index contributed by atoms with van der Waals surface area (Å²) in [5.41, 5.74) is 1.93. The maximum Gasteiger partial charge on any atom is 0.0367 e. The summed E-state index contributed by atoms with van der Waals surface area (Å²) in [5, 5.41) is 0.417. The Kier molecular flexibility index (Phi) is 7.51. The standard InChI is InChI=1S/C24H41ClS/c1-6-17(7-2)20-13-19(11-12-22(20)25)24-23(18-9-8-10-18)21(14-26-24)16(5)15(3)4/h15-22H,6-14H2,1-5H3. The van der Waals surface area contributed by atoms with Crippen LogP contribution in [0.15, 0.2) is 10.5 Å². The van der Waals surface area contributed by atoms with Gasteiger partial charge in [0.15, 0.2) is 0 Å². The molecule has 0 amide bonds. The monoisotopic (exact) mass is 396 g/mol. The third-order valence-electron chi connectivity index (χ3n) is 8.17. The number of halogens is 1. The maximum absolute atomic E-state index is 6.84. The minimum Gasteiger partial charge on any atom is -0.130 e. The molecule has 0 N–H and O–H groups in total. The van der Waals surface area contributed by atoms with Gasteiger partial charge in [-0.2, -0.15) is 0 Å². The van der Waals surface area contributed by atoms with Crippen LogP contribution in [0.25, 0.3) is 0 Å². The van der Waals surface area contributed by atoms with Crippen LogP contribution in [-0.2, 0) is 0 Å².